The van der Waals surface area contributed by atoms with Gasteiger partial charge in [-0.15, -0.1) is 0 Å². The number of nitrogen functional groups attached to an aromatic ring is 1. The number of nitrogens with zero attached hydrogens (tertiary/aromatic N) is 3. The van der Waals surface area contributed by atoms with E-state index in [1.807, 2.05) is 30.3 Å². The van der Waals surface area contributed by atoms with E-state index in [2.05, 4.69) is 16.5 Å². The van der Waals surface area contributed by atoms with E-state index in [-0.39, 0.29) is 29.8 Å². The van der Waals surface area contributed by atoms with Gasteiger partial charge in [0.1, 0.15) is 17.5 Å². The van der Waals surface area contributed by atoms with Gasteiger partial charge in [0, 0.05) is 6.04 Å². The molecule has 0 saturated heterocycles. The van der Waals surface area contributed by atoms with Crippen LogP contribution in [0.15, 0.2) is 30.3 Å². The zero-order chi connectivity index (χ0) is 16.9. The summed E-state index contributed by atoms with van der Waals surface area (Å²) in [5, 5.41) is 16.8. The Labute approximate surface area is 141 Å². The molecule has 1 aromatic heterocycles. The predicted molar refractivity (Wildman–Crippen MR) is 91.4 cm³/mol. The monoisotopic (exact) mass is 323 g/mol. The van der Waals surface area contributed by atoms with Crippen LogP contribution in [0.2, 0.25) is 0 Å². The van der Waals surface area contributed by atoms with Gasteiger partial charge in [-0.1, -0.05) is 37.5 Å². The summed E-state index contributed by atoms with van der Waals surface area (Å²) in [6.07, 6.45) is 5.68. The van der Waals surface area contributed by atoms with Crippen molar-refractivity contribution in [3.05, 3.63) is 41.6 Å². The number of hydrogen-bond donors (Lipinski definition) is 2. The first kappa shape index (κ1) is 16.1. The Kier molecular flexibility index (Phi) is 4.80. The predicted octanol–water partition coefficient (Wildman–Crippen LogP) is 2.32. The molecule has 1 saturated carbocycles. The molecular weight excluding hydrogens is 302 g/mol. The van der Waals surface area contributed by atoms with Gasteiger partial charge in [0.25, 0.3) is 0 Å². The summed E-state index contributed by atoms with van der Waals surface area (Å²) in [6.45, 7) is 0. The number of carbonyl (C=O) groups is 1. The van der Waals surface area contributed by atoms with E-state index < -0.39 is 0 Å². The molecule has 124 valence electrons. The Morgan fingerprint density at radius 3 is 2.67 bits per heavy atom. The van der Waals surface area contributed by atoms with Crippen LogP contribution >= 0.6 is 0 Å². The van der Waals surface area contributed by atoms with Crippen molar-refractivity contribution < 1.29 is 4.79 Å². The first-order valence-electron chi connectivity index (χ1n) is 8.31. The average molecular weight is 323 g/mol. The quantitative estimate of drug-likeness (QED) is 0.902. The Balaban J connectivity index is 1.78. The van der Waals surface area contributed by atoms with Crippen molar-refractivity contribution in [3.8, 4) is 11.8 Å². The lowest BCUT2D eigenvalue weighted by Gasteiger charge is -2.22. The van der Waals surface area contributed by atoms with Gasteiger partial charge in [0.15, 0.2) is 0 Å². The summed E-state index contributed by atoms with van der Waals surface area (Å²) in [6, 6.07) is 11.7. The third-order valence-corrected chi connectivity index (χ3v) is 4.40. The molecule has 1 aliphatic carbocycles. The van der Waals surface area contributed by atoms with Gasteiger partial charge in [0.2, 0.25) is 5.91 Å². The fourth-order valence-electron chi connectivity index (χ4n) is 3.17. The molecule has 24 heavy (non-hydrogen) atoms. The molecule has 1 amide bonds. The van der Waals surface area contributed by atoms with Gasteiger partial charge < -0.3 is 11.1 Å². The lowest BCUT2D eigenvalue weighted by molar-refractivity contribution is -0.121. The standard InChI is InChI=1S/C18H21N5O/c19-12-15-16(11-17(24)21-13-7-3-1-4-8-13)22-23(18(15)20)14-9-5-2-6-10-14/h2,5-6,9-10,13H,1,3-4,7-8,11,20H2,(H,21,24). The summed E-state index contributed by atoms with van der Waals surface area (Å²) >= 11 is 0. The largest absolute Gasteiger partial charge is 0.382 e. The average Bonchev–Trinajstić information content (AvgIpc) is 2.91. The molecule has 2 aromatic rings. The summed E-state index contributed by atoms with van der Waals surface area (Å²) in [4.78, 5) is 12.3. The highest BCUT2D eigenvalue weighted by molar-refractivity contribution is 5.79. The van der Waals surface area contributed by atoms with Crippen LogP contribution in [0.1, 0.15) is 43.4 Å². The minimum absolute atomic E-state index is 0.0728. The smallest absolute Gasteiger partial charge is 0.226 e. The van der Waals surface area contributed by atoms with Gasteiger partial charge in [0.05, 0.1) is 17.8 Å². The van der Waals surface area contributed by atoms with Crippen LogP contribution in [0, 0.1) is 11.3 Å². The molecule has 0 unspecified atom stereocenters. The Hall–Kier alpha value is -2.81. The molecule has 1 aromatic carbocycles. The summed E-state index contributed by atoms with van der Waals surface area (Å²) in [5.74, 6) is 0.167. The third-order valence-electron chi connectivity index (χ3n) is 4.40. The normalized spacial score (nSPS) is 15.0. The van der Waals surface area contributed by atoms with Gasteiger partial charge in [-0.25, -0.2) is 4.68 Å². The van der Waals surface area contributed by atoms with E-state index in [1.54, 1.807) is 0 Å². The van der Waals surface area contributed by atoms with E-state index in [4.69, 9.17) is 5.73 Å². The molecule has 3 N–H and O–H groups in total. The van der Waals surface area contributed by atoms with Crippen LogP contribution in [0.5, 0.6) is 0 Å². The first-order valence-corrected chi connectivity index (χ1v) is 8.31. The summed E-state index contributed by atoms with van der Waals surface area (Å²) < 4.78 is 1.52. The minimum Gasteiger partial charge on any atom is -0.382 e. The van der Waals surface area contributed by atoms with Crippen LogP contribution in [-0.2, 0) is 11.2 Å². The molecular formula is C18H21N5O. The first-order chi connectivity index (χ1) is 11.7. The lowest BCUT2D eigenvalue weighted by atomic mass is 9.95. The number of benzene rings is 1. The van der Waals surface area contributed by atoms with Crippen molar-refractivity contribution in [2.75, 3.05) is 5.73 Å². The maximum Gasteiger partial charge on any atom is 0.226 e. The maximum absolute atomic E-state index is 12.3. The Morgan fingerprint density at radius 2 is 2.00 bits per heavy atom. The zero-order valence-electron chi connectivity index (χ0n) is 13.5. The number of nitrogens with one attached hydrogen (secondary N) is 1. The van der Waals surface area contributed by atoms with Gasteiger partial charge in [-0.2, -0.15) is 10.4 Å². The van der Waals surface area contributed by atoms with Crippen LogP contribution in [-0.4, -0.2) is 21.7 Å². The molecule has 1 fully saturated rings. The number of nitriles is 1. The van der Waals surface area contributed by atoms with Crippen molar-refractivity contribution in [3.63, 3.8) is 0 Å². The fraction of sp³-hybridized carbons (Fsp3) is 0.389. The third kappa shape index (κ3) is 3.40. The van der Waals surface area contributed by atoms with Crippen LogP contribution in [0.25, 0.3) is 5.69 Å². The maximum atomic E-state index is 12.3. The topological polar surface area (TPSA) is 96.7 Å². The van der Waals surface area contributed by atoms with Crippen LogP contribution in [0.4, 0.5) is 5.82 Å². The van der Waals surface area contributed by atoms with Crippen LogP contribution in [0.3, 0.4) is 0 Å². The fourth-order valence-corrected chi connectivity index (χ4v) is 3.17. The number of rotatable bonds is 4. The number of nitrogens with two attached hydrogens (primary N) is 1. The number of hydrogen-bond acceptors (Lipinski definition) is 4. The molecule has 0 spiro atoms. The second-order valence-corrected chi connectivity index (χ2v) is 6.15. The molecule has 0 atom stereocenters. The van der Waals surface area contributed by atoms with E-state index in [0.29, 0.717) is 5.69 Å². The lowest BCUT2D eigenvalue weighted by Crippen LogP contribution is -2.37. The van der Waals surface area contributed by atoms with Crippen molar-refractivity contribution in [2.24, 2.45) is 0 Å². The SMILES string of the molecule is N#Cc1c(CC(=O)NC2CCCCC2)nn(-c2ccccc2)c1N. The van der Waals surface area contributed by atoms with E-state index in [0.717, 1.165) is 31.4 Å². The highest BCUT2D eigenvalue weighted by Gasteiger charge is 2.21. The van der Waals surface area contributed by atoms with Crippen LogP contribution < -0.4 is 11.1 Å². The molecule has 3 rings (SSSR count). The number of carbonyl (C=O) groups excluding carboxylic acids is 1. The highest BCUT2D eigenvalue weighted by Crippen LogP contribution is 2.21. The molecule has 1 aliphatic rings. The van der Waals surface area contributed by atoms with Gasteiger partial charge >= 0.3 is 0 Å². The number of para-hydroxylation sites is 1. The van der Waals surface area contributed by atoms with E-state index in [1.165, 1.54) is 11.1 Å². The number of aromatic nitrogens is 2. The number of amides is 1. The second kappa shape index (κ2) is 7.18. The summed E-state index contributed by atoms with van der Waals surface area (Å²) in [5.41, 5.74) is 7.52. The van der Waals surface area contributed by atoms with Crippen molar-refractivity contribution in [2.45, 2.75) is 44.6 Å². The number of anilines is 1. The van der Waals surface area contributed by atoms with Crippen molar-refractivity contribution >= 4 is 11.7 Å². The van der Waals surface area contributed by atoms with E-state index in [9.17, 15) is 10.1 Å². The summed E-state index contributed by atoms with van der Waals surface area (Å²) in [7, 11) is 0. The molecule has 6 heteroatoms. The van der Waals surface area contributed by atoms with Crippen molar-refractivity contribution in [1.29, 1.82) is 5.26 Å². The highest BCUT2D eigenvalue weighted by atomic mass is 16.1. The Morgan fingerprint density at radius 1 is 1.29 bits per heavy atom. The molecule has 0 radical (unpaired) electrons. The molecule has 1 heterocycles. The minimum atomic E-state index is -0.101. The van der Waals surface area contributed by atoms with Gasteiger partial charge in [-0.05, 0) is 25.0 Å². The molecule has 6 nitrogen and oxygen atoms in total. The Bertz CT molecular complexity index is 754. The molecule has 0 aliphatic heterocycles. The second-order valence-electron chi connectivity index (χ2n) is 6.15. The molecule has 0 bridgehead atoms. The van der Waals surface area contributed by atoms with Crippen molar-refractivity contribution in [1.82, 2.24) is 15.1 Å². The zero-order valence-corrected chi connectivity index (χ0v) is 13.5. The van der Waals surface area contributed by atoms with E-state index >= 15 is 0 Å². The van der Waals surface area contributed by atoms with Gasteiger partial charge in [-0.3, -0.25) is 4.79 Å².